The highest BCUT2D eigenvalue weighted by molar-refractivity contribution is 5.20. The lowest BCUT2D eigenvalue weighted by atomic mass is 10.8. The van der Waals surface area contributed by atoms with Crippen molar-refractivity contribution in [1.29, 1.82) is 0 Å². The topological polar surface area (TPSA) is 76.7 Å². The molecule has 0 amide bonds. The summed E-state index contributed by atoms with van der Waals surface area (Å²) in [5.41, 5.74) is 0. The molecule has 9 heavy (non-hydrogen) atoms. The van der Waals surface area contributed by atoms with Crippen LogP contribution in [-0.4, -0.2) is 9.66 Å². The predicted octanol–water partition coefficient (Wildman–Crippen LogP) is 0.810. The Morgan fingerprint density at radius 2 is 2.33 bits per heavy atom. The lowest BCUT2D eigenvalue weighted by Gasteiger charge is -1.74. The zero-order valence-electron chi connectivity index (χ0n) is 4.26. The van der Waals surface area contributed by atoms with Crippen molar-refractivity contribution < 1.29 is 0 Å². The van der Waals surface area contributed by atoms with Crippen LogP contribution in [0.1, 0.15) is 0 Å². The Kier molecular flexibility index (Phi) is 1.31. The van der Waals surface area contributed by atoms with Gasteiger partial charge in [-0.25, -0.2) is 4.98 Å². The lowest BCUT2D eigenvalue weighted by Crippen LogP contribution is -1.75. The maximum absolute atomic E-state index is 9.67. The summed E-state index contributed by atoms with van der Waals surface area (Å²) in [6.07, 6.45) is 2.23. The van der Waals surface area contributed by atoms with Gasteiger partial charge in [0.2, 0.25) is 5.82 Å². The van der Waals surface area contributed by atoms with Crippen LogP contribution in [0.5, 0.6) is 0 Å². The van der Waals surface area contributed by atoms with E-state index >= 15 is 0 Å². The highest BCUT2D eigenvalue weighted by atomic mass is 16.3. The van der Waals surface area contributed by atoms with Crippen LogP contribution in [0.15, 0.2) is 23.0 Å². The van der Waals surface area contributed by atoms with Crippen LogP contribution in [-0.2, 0) is 0 Å². The third-order valence-electron chi connectivity index (χ3n) is 0.744. The van der Waals surface area contributed by atoms with Crippen molar-refractivity contribution in [3.8, 4) is 0 Å². The Bertz CT molecular complexity index is 207. The van der Waals surface area contributed by atoms with Crippen molar-refractivity contribution in [3.05, 3.63) is 22.3 Å². The van der Waals surface area contributed by atoms with Crippen molar-refractivity contribution in [1.82, 2.24) is 9.66 Å². The summed E-state index contributed by atoms with van der Waals surface area (Å²) in [6.45, 7) is 0. The monoisotopic (exact) mass is 126 g/mol. The third-order valence-corrected chi connectivity index (χ3v) is 0.744. The summed E-state index contributed by atoms with van der Waals surface area (Å²) in [5.74, 6) is -0.0467. The number of rotatable bonds is 2. The number of nitrogens with zero attached hydrogens (tertiary/aromatic N) is 4. The molecule has 0 aliphatic rings. The number of aromatic nitrogens is 2. The van der Waals surface area contributed by atoms with E-state index in [2.05, 4.69) is 15.4 Å². The van der Waals surface area contributed by atoms with Crippen molar-refractivity contribution in [2.24, 2.45) is 10.5 Å². The van der Waals surface area contributed by atoms with E-state index in [-0.39, 0.29) is 5.82 Å². The smallest absolute Gasteiger partial charge is 0.212 e. The molecule has 0 aliphatic heterocycles. The molecular formula is C3H2N4O2. The van der Waals surface area contributed by atoms with Gasteiger partial charge in [-0.1, -0.05) is 0 Å². The number of hydrogen-bond acceptors (Lipinski definition) is 5. The molecule has 0 unspecified atom stereocenters. The first-order valence-electron chi connectivity index (χ1n) is 2.08. The van der Waals surface area contributed by atoms with Crippen molar-refractivity contribution in [3.63, 3.8) is 0 Å². The van der Waals surface area contributed by atoms with E-state index in [9.17, 15) is 9.81 Å². The number of nitroso groups, excluding NO2 is 2. The molecule has 1 aromatic rings. The second-order valence-electron chi connectivity index (χ2n) is 1.28. The Balaban J connectivity index is 2.98. The van der Waals surface area contributed by atoms with E-state index in [1.807, 2.05) is 0 Å². The van der Waals surface area contributed by atoms with Crippen LogP contribution in [0.25, 0.3) is 0 Å². The highest BCUT2D eigenvalue weighted by Crippen LogP contribution is 2.04. The second-order valence-corrected chi connectivity index (χ2v) is 1.28. The van der Waals surface area contributed by atoms with Crippen molar-refractivity contribution in [2.45, 2.75) is 0 Å². The number of hydrogen-bond donors (Lipinski definition) is 0. The normalized spacial score (nSPS) is 8.89. The molecule has 1 heterocycles. The fraction of sp³-hybridized carbons (Fsp3) is 0. The quantitative estimate of drug-likeness (QED) is 0.550. The Hall–Kier alpha value is -1.59. The average Bonchev–Trinajstić information content (AvgIpc) is 2.34. The first-order valence-corrected chi connectivity index (χ1v) is 2.08. The molecule has 1 rings (SSSR count). The van der Waals surface area contributed by atoms with Crippen LogP contribution in [0.2, 0.25) is 0 Å². The van der Waals surface area contributed by atoms with Gasteiger partial charge in [-0.3, -0.25) is 0 Å². The SMILES string of the molecule is O=Nc1cn(N=O)cn1. The van der Waals surface area contributed by atoms with Gasteiger partial charge in [-0.05, 0) is 5.18 Å². The van der Waals surface area contributed by atoms with Crippen LogP contribution in [0, 0.1) is 9.81 Å². The van der Waals surface area contributed by atoms with Crippen LogP contribution in [0.4, 0.5) is 5.82 Å². The van der Waals surface area contributed by atoms with E-state index in [1.54, 1.807) is 0 Å². The van der Waals surface area contributed by atoms with Gasteiger partial charge in [0.25, 0.3) is 0 Å². The molecule has 1 aromatic heterocycles. The van der Waals surface area contributed by atoms with E-state index in [0.29, 0.717) is 0 Å². The van der Waals surface area contributed by atoms with Gasteiger partial charge >= 0.3 is 0 Å². The summed E-state index contributed by atoms with van der Waals surface area (Å²) in [6, 6.07) is 0. The zero-order valence-corrected chi connectivity index (χ0v) is 4.26. The molecule has 0 N–H and O–H groups in total. The molecule has 6 nitrogen and oxygen atoms in total. The van der Waals surface area contributed by atoms with Gasteiger partial charge in [0.15, 0.2) is 0 Å². The molecule has 0 saturated carbocycles. The Labute approximate surface area is 49.4 Å². The van der Waals surface area contributed by atoms with Gasteiger partial charge in [0.1, 0.15) is 6.33 Å². The molecule has 46 valence electrons. The molecule has 0 bridgehead atoms. The van der Waals surface area contributed by atoms with Gasteiger partial charge in [-0.2, -0.15) is 4.68 Å². The summed E-state index contributed by atoms with van der Waals surface area (Å²) < 4.78 is 0.858. The van der Waals surface area contributed by atoms with E-state index in [4.69, 9.17) is 0 Å². The van der Waals surface area contributed by atoms with Crippen LogP contribution >= 0.6 is 0 Å². The third kappa shape index (κ3) is 0.958. The zero-order chi connectivity index (χ0) is 6.69. The molecular weight excluding hydrogens is 124 g/mol. The minimum atomic E-state index is -0.0467. The Morgan fingerprint density at radius 3 is 2.67 bits per heavy atom. The predicted molar refractivity (Wildman–Crippen MR) is 28.9 cm³/mol. The fourth-order valence-electron chi connectivity index (χ4n) is 0.395. The first-order chi connectivity index (χ1) is 4.36. The summed E-state index contributed by atoms with van der Waals surface area (Å²) >= 11 is 0. The molecule has 0 spiro atoms. The summed E-state index contributed by atoms with van der Waals surface area (Å²) in [4.78, 5) is 22.7. The minimum Gasteiger partial charge on any atom is -0.212 e. The average molecular weight is 126 g/mol. The second kappa shape index (κ2) is 2.12. The molecule has 0 aromatic carbocycles. The lowest BCUT2D eigenvalue weighted by molar-refractivity contribution is 0.864. The first kappa shape index (κ1) is 5.54. The minimum absolute atomic E-state index is 0.0467. The van der Waals surface area contributed by atoms with Gasteiger partial charge in [0, 0.05) is 0 Å². The number of imidazole rings is 1. The molecule has 6 heteroatoms. The fourth-order valence-corrected chi connectivity index (χ4v) is 0.395. The highest BCUT2D eigenvalue weighted by Gasteiger charge is 1.94. The Morgan fingerprint density at radius 1 is 1.56 bits per heavy atom. The van der Waals surface area contributed by atoms with Crippen LogP contribution in [0.3, 0.4) is 0 Å². The maximum atomic E-state index is 9.67. The van der Waals surface area contributed by atoms with Gasteiger partial charge in [0.05, 0.1) is 11.5 Å². The van der Waals surface area contributed by atoms with Gasteiger partial charge in [-0.15, -0.1) is 9.81 Å². The summed E-state index contributed by atoms with van der Waals surface area (Å²) in [7, 11) is 0. The standard InChI is InChI=1S/C3H2N4O2/c8-5-3-1-7(6-9)2-4-3/h1-2H. The van der Waals surface area contributed by atoms with E-state index in [0.717, 1.165) is 17.2 Å². The molecule has 0 radical (unpaired) electrons. The van der Waals surface area contributed by atoms with Crippen LogP contribution < -0.4 is 0 Å². The summed E-state index contributed by atoms with van der Waals surface area (Å²) in [5, 5.41) is 4.90. The molecule has 0 saturated heterocycles. The largest absolute Gasteiger partial charge is 0.216 e. The molecule has 0 atom stereocenters. The molecule has 0 fully saturated rings. The molecule has 0 aliphatic carbocycles. The van der Waals surface area contributed by atoms with E-state index < -0.39 is 0 Å². The van der Waals surface area contributed by atoms with Crippen molar-refractivity contribution >= 4 is 5.82 Å². The van der Waals surface area contributed by atoms with E-state index in [1.165, 1.54) is 0 Å². The maximum Gasteiger partial charge on any atom is 0.216 e. The van der Waals surface area contributed by atoms with Crippen molar-refractivity contribution in [2.75, 3.05) is 0 Å². The van der Waals surface area contributed by atoms with Gasteiger partial charge < -0.3 is 0 Å².